The van der Waals surface area contributed by atoms with Crippen molar-refractivity contribution in [3.63, 3.8) is 0 Å². The van der Waals surface area contributed by atoms with Crippen molar-refractivity contribution in [1.29, 1.82) is 0 Å². The second kappa shape index (κ2) is 4.78. The maximum atomic E-state index is 11.8. The summed E-state index contributed by atoms with van der Waals surface area (Å²) in [5, 5.41) is 0. The molecule has 0 bridgehead atoms. The third-order valence-electron chi connectivity index (χ3n) is 3.01. The first kappa shape index (κ1) is 11.5. The number of nitrogens with two attached hydrogens (primary N) is 1. The van der Waals surface area contributed by atoms with Gasteiger partial charge in [-0.2, -0.15) is 0 Å². The summed E-state index contributed by atoms with van der Waals surface area (Å²) in [6.45, 7) is 4.19. The highest BCUT2D eigenvalue weighted by molar-refractivity contribution is 5.81. The first-order valence-corrected chi connectivity index (χ1v) is 5.54. The number of rotatable bonds is 4. The zero-order valence-corrected chi connectivity index (χ0v) is 9.49. The van der Waals surface area contributed by atoms with E-state index in [1.165, 1.54) is 6.42 Å². The van der Waals surface area contributed by atoms with Crippen molar-refractivity contribution in [3.8, 4) is 0 Å². The van der Waals surface area contributed by atoms with Gasteiger partial charge >= 0.3 is 0 Å². The molecule has 1 fully saturated rings. The van der Waals surface area contributed by atoms with E-state index in [2.05, 4.69) is 13.8 Å². The van der Waals surface area contributed by atoms with E-state index in [0.717, 1.165) is 19.3 Å². The fourth-order valence-electron chi connectivity index (χ4n) is 1.82. The molecule has 0 heterocycles. The molecule has 0 radical (unpaired) electrons. The van der Waals surface area contributed by atoms with Gasteiger partial charge in [0.15, 0.2) is 0 Å². The number of likely N-dealkylation sites (N-methyl/N-ethyl adjacent to an activating group) is 1. The molecule has 14 heavy (non-hydrogen) atoms. The van der Waals surface area contributed by atoms with Crippen LogP contribution in [0.2, 0.25) is 0 Å². The van der Waals surface area contributed by atoms with Gasteiger partial charge < -0.3 is 10.6 Å². The van der Waals surface area contributed by atoms with Gasteiger partial charge in [-0.15, -0.1) is 0 Å². The molecular formula is C11H22N2O. The van der Waals surface area contributed by atoms with Gasteiger partial charge in [-0.3, -0.25) is 4.79 Å². The topological polar surface area (TPSA) is 46.3 Å². The van der Waals surface area contributed by atoms with Crippen molar-refractivity contribution in [3.05, 3.63) is 0 Å². The van der Waals surface area contributed by atoms with Crippen LogP contribution in [0.4, 0.5) is 0 Å². The number of amides is 1. The van der Waals surface area contributed by atoms with Crippen LogP contribution in [0.25, 0.3) is 0 Å². The van der Waals surface area contributed by atoms with Crippen LogP contribution in [0.5, 0.6) is 0 Å². The first-order chi connectivity index (χ1) is 6.52. The monoisotopic (exact) mass is 198 g/mol. The molecule has 1 aliphatic carbocycles. The summed E-state index contributed by atoms with van der Waals surface area (Å²) in [5.74, 6) is 0.604. The zero-order chi connectivity index (χ0) is 10.7. The third-order valence-corrected chi connectivity index (χ3v) is 3.01. The highest BCUT2D eigenvalue weighted by Crippen LogP contribution is 2.24. The zero-order valence-electron chi connectivity index (χ0n) is 9.49. The van der Waals surface area contributed by atoms with Gasteiger partial charge in [0.05, 0.1) is 6.04 Å². The average molecular weight is 198 g/mol. The Morgan fingerprint density at radius 3 is 2.43 bits per heavy atom. The molecule has 0 aromatic rings. The van der Waals surface area contributed by atoms with E-state index in [9.17, 15) is 4.79 Å². The van der Waals surface area contributed by atoms with Gasteiger partial charge in [0.25, 0.3) is 0 Å². The maximum Gasteiger partial charge on any atom is 0.239 e. The van der Waals surface area contributed by atoms with E-state index in [1.807, 2.05) is 11.9 Å². The second-order valence-corrected chi connectivity index (χ2v) is 4.77. The predicted octanol–water partition coefficient (Wildman–Crippen LogP) is 1.37. The molecule has 1 aliphatic rings. The van der Waals surface area contributed by atoms with Crippen molar-refractivity contribution in [1.82, 2.24) is 4.90 Å². The maximum absolute atomic E-state index is 11.8. The Bertz CT molecular complexity index is 199. The molecule has 0 aromatic heterocycles. The summed E-state index contributed by atoms with van der Waals surface area (Å²) < 4.78 is 0. The molecule has 82 valence electrons. The molecule has 0 aliphatic heterocycles. The van der Waals surface area contributed by atoms with Crippen molar-refractivity contribution in [2.45, 2.75) is 51.6 Å². The Kier molecular flexibility index (Phi) is 3.93. The van der Waals surface area contributed by atoms with Crippen LogP contribution in [0.1, 0.15) is 39.5 Å². The van der Waals surface area contributed by atoms with Gasteiger partial charge in [-0.05, 0) is 31.6 Å². The van der Waals surface area contributed by atoms with E-state index in [4.69, 9.17) is 5.73 Å². The van der Waals surface area contributed by atoms with Gasteiger partial charge in [0.1, 0.15) is 0 Å². The van der Waals surface area contributed by atoms with E-state index >= 15 is 0 Å². The molecule has 3 heteroatoms. The highest BCUT2D eigenvalue weighted by Gasteiger charge is 2.28. The minimum absolute atomic E-state index is 0.114. The summed E-state index contributed by atoms with van der Waals surface area (Å²) in [6.07, 6.45) is 4.34. The normalized spacial score (nSPS) is 19.2. The lowest BCUT2D eigenvalue weighted by Gasteiger charge is -2.36. The lowest BCUT2D eigenvalue weighted by Crippen LogP contribution is -2.49. The Morgan fingerprint density at radius 2 is 2.07 bits per heavy atom. The summed E-state index contributed by atoms with van der Waals surface area (Å²) in [6, 6.07) is 0.154. The fourth-order valence-corrected chi connectivity index (χ4v) is 1.82. The molecule has 0 aromatic carbocycles. The molecule has 1 saturated carbocycles. The molecule has 1 amide bonds. The summed E-state index contributed by atoms with van der Waals surface area (Å²) >= 11 is 0. The van der Waals surface area contributed by atoms with Gasteiger partial charge in [-0.1, -0.05) is 13.8 Å². The summed E-state index contributed by atoms with van der Waals surface area (Å²) in [5.41, 5.74) is 5.84. The van der Waals surface area contributed by atoms with Crippen LogP contribution >= 0.6 is 0 Å². The third kappa shape index (κ3) is 2.71. The lowest BCUT2D eigenvalue weighted by atomic mass is 9.91. The van der Waals surface area contributed by atoms with Crippen molar-refractivity contribution < 1.29 is 4.79 Å². The minimum Gasteiger partial charge on any atom is -0.341 e. The van der Waals surface area contributed by atoms with E-state index in [0.29, 0.717) is 12.0 Å². The standard InChI is InChI=1S/C11H22N2O/c1-8(2)7-10(12)11(14)13(3)9-5-4-6-9/h8-10H,4-7,12H2,1-3H3/t10-/m1/s1. The fraction of sp³-hybridized carbons (Fsp3) is 0.909. The molecule has 0 unspecified atom stereocenters. The molecule has 0 spiro atoms. The van der Waals surface area contributed by atoms with Crippen LogP contribution < -0.4 is 5.73 Å². The Morgan fingerprint density at radius 1 is 1.50 bits per heavy atom. The molecule has 3 nitrogen and oxygen atoms in total. The van der Waals surface area contributed by atoms with Crippen LogP contribution in [0.15, 0.2) is 0 Å². The second-order valence-electron chi connectivity index (χ2n) is 4.77. The summed E-state index contributed by atoms with van der Waals surface area (Å²) in [4.78, 5) is 13.7. The van der Waals surface area contributed by atoms with Crippen LogP contribution in [-0.4, -0.2) is 29.9 Å². The number of carbonyl (C=O) groups is 1. The molecule has 0 saturated heterocycles. The van der Waals surface area contributed by atoms with Crippen molar-refractivity contribution in [2.24, 2.45) is 11.7 Å². The van der Waals surface area contributed by atoms with E-state index in [1.54, 1.807) is 0 Å². The largest absolute Gasteiger partial charge is 0.341 e. The van der Waals surface area contributed by atoms with Gasteiger partial charge in [0.2, 0.25) is 5.91 Å². The SMILES string of the molecule is CC(C)C[C@@H](N)C(=O)N(C)C1CCC1. The average Bonchev–Trinajstić information content (AvgIpc) is 1.98. The molecular weight excluding hydrogens is 176 g/mol. The number of nitrogens with zero attached hydrogens (tertiary/aromatic N) is 1. The summed E-state index contributed by atoms with van der Waals surface area (Å²) in [7, 11) is 1.88. The predicted molar refractivity (Wildman–Crippen MR) is 57.8 cm³/mol. The Hall–Kier alpha value is -0.570. The molecule has 1 atom stereocenters. The van der Waals surface area contributed by atoms with Gasteiger partial charge in [0, 0.05) is 13.1 Å². The Balaban J connectivity index is 2.38. The van der Waals surface area contributed by atoms with Crippen molar-refractivity contribution >= 4 is 5.91 Å². The van der Waals surface area contributed by atoms with Gasteiger partial charge in [-0.25, -0.2) is 0 Å². The van der Waals surface area contributed by atoms with E-state index < -0.39 is 0 Å². The van der Waals surface area contributed by atoms with Crippen molar-refractivity contribution in [2.75, 3.05) is 7.05 Å². The number of carbonyl (C=O) groups excluding carboxylic acids is 1. The minimum atomic E-state index is -0.305. The quantitative estimate of drug-likeness (QED) is 0.741. The highest BCUT2D eigenvalue weighted by atomic mass is 16.2. The Labute approximate surface area is 86.6 Å². The first-order valence-electron chi connectivity index (χ1n) is 5.54. The lowest BCUT2D eigenvalue weighted by molar-refractivity contribution is -0.135. The van der Waals surface area contributed by atoms with Crippen LogP contribution in [-0.2, 0) is 4.79 Å². The number of hydrogen-bond donors (Lipinski definition) is 1. The number of hydrogen-bond acceptors (Lipinski definition) is 2. The van der Waals surface area contributed by atoms with Crippen LogP contribution in [0.3, 0.4) is 0 Å². The van der Waals surface area contributed by atoms with Crippen LogP contribution in [0, 0.1) is 5.92 Å². The molecule has 2 N–H and O–H groups in total. The smallest absolute Gasteiger partial charge is 0.239 e. The molecule has 1 rings (SSSR count). The van der Waals surface area contributed by atoms with E-state index in [-0.39, 0.29) is 11.9 Å².